The number of nitrogens with zero attached hydrogens (tertiary/aromatic N) is 4. The van der Waals surface area contributed by atoms with Crippen LogP contribution >= 0.6 is 0 Å². The topological polar surface area (TPSA) is 41.4 Å². The SMILES string of the molecule is CCCc1nc2n(c1C(=O)N(CCC)CCC1CC1)CCN2c1c(C)cc(C)cc1C. The van der Waals surface area contributed by atoms with Crippen molar-refractivity contribution in [3.63, 3.8) is 0 Å². The van der Waals surface area contributed by atoms with Crippen molar-refractivity contribution < 1.29 is 4.79 Å². The summed E-state index contributed by atoms with van der Waals surface area (Å²) in [6.07, 6.45) is 6.65. The first-order valence-electron chi connectivity index (χ1n) is 12.2. The van der Waals surface area contributed by atoms with E-state index in [0.29, 0.717) is 0 Å². The summed E-state index contributed by atoms with van der Waals surface area (Å²) in [5.74, 6) is 1.96. The fraction of sp³-hybridized carbons (Fsp3) is 0.615. The Labute approximate surface area is 187 Å². The molecular formula is C26H38N4O. The van der Waals surface area contributed by atoms with E-state index in [-0.39, 0.29) is 5.91 Å². The molecule has 1 aliphatic carbocycles. The van der Waals surface area contributed by atoms with Gasteiger partial charge < -0.3 is 14.4 Å². The largest absolute Gasteiger partial charge is 0.337 e. The van der Waals surface area contributed by atoms with Gasteiger partial charge in [0, 0.05) is 31.9 Å². The monoisotopic (exact) mass is 422 g/mol. The Morgan fingerprint density at radius 2 is 1.77 bits per heavy atom. The van der Waals surface area contributed by atoms with Crippen LogP contribution in [0.1, 0.15) is 78.8 Å². The molecule has 1 aromatic carbocycles. The van der Waals surface area contributed by atoms with E-state index >= 15 is 0 Å². The second-order valence-electron chi connectivity index (χ2n) is 9.53. The molecule has 1 fully saturated rings. The van der Waals surface area contributed by atoms with Crippen LogP contribution in [-0.4, -0.2) is 40.0 Å². The lowest BCUT2D eigenvalue weighted by atomic mass is 10.0. The van der Waals surface area contributed by atoms with Crippen LogP contribution in [-0.2, 0) is 13.0 Å². The molecular weight excluding hydrogens is 384 g/mol. The Morgan fingerprint density at radius 3 is 2.39 bits per heavy atom. The molecule has 0 radical (unpaired) electrons. The summed E-state index contributed by atoms with van der Waals surface area (Å²) < 4.78 is 2.20. The van der Waals surface area contributed by atoms with E-state index in [9.17, 15) is 4.79 Å². The van der Waals surface area contributed by atoms with Crippen molar-refractivity contribution in [2.75, 3.05) is 24.5 Å². The number of carbonyl (C=O) groups is 1. The van der Waals surface area contributed by atoms with E-state index in [4.69, 9.17) is 4.98 Å². The number of amides is 1. The average molecular weight is 423 g/mol. The first-order valence-corrected chi connectivity index (χ1v) is 12.2. The van der Waals surface area contributed by atoms with E-state index in [1.165, 1.54) is 35.2 Å². The van der Waals surface area contributed by atoms with Gasteiger partial charge in [0.15, 0.2) is 0 Å². The number of hydrogen-bond donors (Lipinski definition) is 0. The zero-order valence-corrected chi connectivity index (χ0v) is 20.0. The smallest absolute Gasteiger partial charge is 0.272 e. The molecule has 1 aliphatic heterocycles. The third-order valence-corrected chi connectivity index (χ3v) is 6.69. The van der Waals surface area contributed by atoms with Crippen molar-refractivity contribution in [2.24, 2.45) is 5.92 Å². The molecule has 2 aromatic rings. The maximum atomic E-state index is 13.8. The van der Waals surface area contributed by atoms with Crippen molar-refractivity contribution in [1.29, 1.82) is 0 Å². The van der Waals surface area contributed by atoms with Crippen LogP contribution in [0.25, 0.3) is 0 Å². The summed E-state index contributed by atoms with van der Waals surface area (Å²) in [7, 11) is 0. The Hall–Kier alpha value is -2.30. The number of aromatic nitrogens is 2. The Morgan fingerprint density at radius 1 is 1.06 bits per heavy atom. The molecule has 0 bridgehead atoms. The molecule has 0 spiro atoms. The van der Waals surface area contributed by atoms with Crippen LogP contribution in [0.3, 0.4) is 0 Å². The van der Waals surface area contributed by atoms with E-state index in [2.05, 4.69) is 61.1 Å². The Bertz CT molecular complexity index is 934. The highest BCUT2D eigenvalue weighted by atomic mass is 16.2. The molecule has 31 heavy (non-hydrogen) atoms. The van der Waals surface area contributed by atoms with Gasteiger partial charge in [-0.15, -0.1) is 0 Å². The first-order chi connectivity index (χ1) is 14.9. The molecule has 2 heterocycles. The highest BCUT2D eigenvalue weighted by Gasteiger charge is 2.34. The molecule has 0 saturated heterocycles. The van der Waals surface area contributed by atoms with Crippen LogP contribution in [0.15, 0.2) is 12.1 Å². The van der Waals surface area contributed by atoms with Crippen LogP contribution in [0.4, 0.5) is 11.6 Å². The quantitative estimate of drug-likeness (QED) is 0.531. The highest BCUT2D eigenvalue weighted by Crippen LogP contribution is 2.37. The fourth-order valence-electron chi connectivity index (χ4n) is 5.15. The van der Waals surface area contributed by atoms with Gasteiger partial charge in [0.2, 0.25) is 5.95 Å². The van der Waals surface area contributed by atoms with Crippen LogP contribution in [0.2, 0.25) is 0 Å². The lowest BCUT2D eigenvalue weighted by Crippen LogP contribution is -2.35. The normalized spacial score (nSPS) is 15.5. The highest BCUT2D eigenvalue weighted by molar-refractivity contribution is 5.95. The molecule has 1 aromatic heterocycles. The molecule has 2 aliphatic rings. The third kappa shape index (κ3) is 4.37. The van der Waals surface area contributed by atoms with E-state index in [1.54, 1.807) is 0 Å². The summed E-state index contributed by atoms with van der Waals surface area (Å²) in [5.41, 5.74) is 6.89. The van der Waals surface area contributed by atoms with Crippen molar-refractivity contribution in [3.8, 4) is 0 Å². The number of fused-ring (bicyclic) bond motifs is 1. The molecule has 168 valence electrons. The third-order valence-electron chi connectivity index (χ3n) is 6.69. The number of hydrogen-bond acceptors (Lipinski definition) is 3. The predicted molar refractivity (Wildman–Crippen MR) is 127 cm³/mol. The number of rotatable bonds is 9. The molecule has 0 unspecified atom stereocenters. The summed E-state index contributed by atoms with van der Waals surface area (Å²) in [6, 6.07) is 4.49. The number of anilines is 2. The van der Waals surface area contributed by atoms with Crippen molar-refractivity contribution in [2.45, 2.75) is 79.7 Å². The zero-order valence-electron chi connectivity index (χ0n) is 20.0. The molecule has 5 nitrogen and oxygen atoms in total. The maximum Gasteiger partial charge on any atom is 0.272 e. The second-order valence-corrected chi connectivity index (χ2v) is 9.53. The molecule has 1 saturated carbocycles. The summed E-state index contributed by atoms with van der Waals surface area (Å²) in [4.78, 5) is 23.2. The van der Waals surface area contributed by atoms with Crippen LogP contribution in [0.5, 0.6) is 0 Å². The van der Waals surface area contributed by atoms with Crippen molar-refractivity contribution >= 4 is 17.5 Å². The van der Waals surface area contributed by atoms with Crippen molar-refractivity contribution in [3.05, 3.63) is 40.2 Å². The van der Waals surface area contributed by atoms with E-state index in [0.717, 1.165) is 75.1 Å². The van der Waals surface area contributed by atoms with Gasteiger partial charge in [-0.1, -0.05) is 50.8 Å². The summed E-state index contributed by atoms with van der Waals surface area (Å²) >= 11 is 0. The lowest BCUT2D eigenvalue weighted by molar-refractivity contribution is 0.0739. The minimum atomic E-state index is 0.184. The maximum absolute atomic E-state index is 13.8. The Balaban J connectivity index is 1.70. The average Bonchev–Trinajstić information content (AvgIpc) is 3.36. The van der Waals surface area contributed by atoms with Gasteiger partial charge in [0.1, 0.15) is 5.69 Å². The molecule has 4 rings (SSSR count). The van der Waals surface area contributed by atoms with Gasteiger partial charge >= 0.3 is 0 Å². The molecule has 1 amide bonds. The van der Waals surface area contributed by atoms with Gasteiger partial charge in [-0.05, 0) is 57.1 Å². The van der Waals surface area contributed by atoms with Crippen molar-refractivity contribution in [1.82, 2.24) is 14.5 Å². The molecule has 0 N–H and O–H groups in total. The second kappa shape index (κ2) is 9.05. The van der Waals surface area contributed by atoms with Gasteiger partial charge in [-0.3, -0.25) is 4.79 Å². The lowest BCUT2D eigenvalue weighted by Gasteiger charge is -2.23. The van der Waals surface area contributed by atoms with E-state index < -0.39 is 0 Å². The Kier molecular flexibility index (Phi) is 6.40. The summed E-state index contributed by atoms with van der Waals surface area (Å²) in [6.45, 7) is 14.2. The zero-order chi connectivity index (χ0) is 22.1. The number of benzene rings is 1. The van der Waals surface area contributed by atoms with Gasteiger partial charge in [0.25, 0.3) is 5.91 Å². The standard InChI is InChI=1S/C26H38N4O/c1-6-8-22-24(25(31)28(12-7-2)13-11-21-9-10-21)30-15-14-29(26(30)27-22)23-19(4)16-18(3)17-20(23)5/h16-17,21H,6-15H2,1-5H3. The number of imidazole rings is 1. The van der Waals surface area contributed by atoms with Gasteiger partial charge in [-0.25, -0.2) is 4.98 Å². The number of carbonyl (C=O) groups excluding carboxylic acids is 1. The van der Waals surface area contributed by atoms with Gasteiger partial charge in [0.05, 0.1) is 5.69 Å². The minimum absolute atomic E-state index is 0.184. The fourth-order valence-corrected chi connectivity index (χ4v) is 5.15. The molecule has 5 heteroatoms. The number of aryl methyl sites for hydroxylation is 4. The molecule has 0 atom stereocenters. The first kappa shape index (κ1) is 21.9. The van der Waals surface area contributed by atoms with E-state index in [1.807, 2.05) is 0 Å². The van der Waals surface area contributed by atoms with Crippen LogP contribution in [0, 0.1) is 26.7 Å². The van der Waals surface area contributed by atoms with Crippen LogP contribution < -0.4 is 4.90 Å². The summed E-state index contributed by atoms with van der Waals surface area (Å²) in [5, 5.41) is 0. The predicted octanol–water partition coefficient (Wildman–Crippen LogP) is 5.56. The van der Waals surface area contributed by atoms with Gasteiger partial charge in [-0.2, -0.15) is 0 Å². The minimum Gasteiger partial charge on any atom is -0.337 e.